The molecule has 1 amide bonds. The summed E-state index contributed by atoms with van der Waals surface area (Å²) < 4.78 is 0.986. The standard InChI is InChI=1S/C16H21N3OS/c1-2-11-4-3-8-19(9-7-11)15(20)12-5-6-13-14(10-12)21-16(17)18-13/h5-6,10-11H,2-4,7-9H2,1H3,(H2,17,18). The molecule has 1 aromatic carbocycles. The lowest BCUT2D eigenvalue weighted by Crippen LogP contribution is -2.31. The molecule has 1 atom stereocenters. The zero-order valence-electron chi connectivity index (χ0n) is 12.3. The van der Waals surface area contributed by atoms with Gasteiger partial charge >= 0.3 is 0 Å². The van der Waals surface area contributed by atoms with E-state index in [9.17, 15) is 4.79 Å². The lowest BCUT2D eigenvalue weighted by molar-refractivity contribution is 0.0760. The van der Waals surface area contributed by atoms with Gasteiger partial charge in [0, 0.05) is 18.7 Å². The van der Waals surface area contributed by atoms with Crippen molar-refractivity contribution < 1.29 is 4.79 Å². The van der Waals surface area contributed by atoms with E-state index in [0.717, 1.165) is 47.6 Å². The Morgan fingerprint density at radius 1 is 1.43 bits per heavy atom. The van der Waals surface area contributed by atoms with E-state index in [-0.39, 0.29) is 5.91 Å². The maximum Gasteiger partial charge on any atom is 0.253 e. The molecule has 4 nitrogen and oxygen atoms in total. The van der Waals surface area contributed by atoms with Crippen LogP contribution >= 0.6 is 11.3 Å². The molecule has 0 spiro atoms. The molecule has 2 N–H and O–H groups in total. The van der Waals surface area contributed by atoms with Crippen molar-refractivity contribution in [3.63, 3.8) is 0 Å². The minimum Gasteiger partial charge on any atom is -0.375 e. The van der Waals surface area contributed by atoms with E-state index in [1.807, 2.05) is 23.1 Å². The second kappa shape index (κ2) is 6.02. The molecule has 1 fully saturated rings. The largest absolute Gasteiger partial charge is 0.375 e. The van der Waals surface area contributed by atoms with Gasteiger partial charge in [0.1, 0.15) is 0 Å². The molecule has 5 heteroatoms. The van der Waals surface area contributed by atoms with Crippen LogP contribution in [0.25, 0.3) is 10.2 Å². The maximum atomic E-state index is 12.7. The molecule has 1 unspecified atom stereocenters. The topological polar surface area (TPSA) is 59.2 Å². The molecular weight excluding hydrogens is 282 g/mol. The van der Waals surface area contributed by atoms with Gasteiger partial charge in [-0.2, -0.15) is 0 Å². The molecule has 1 aliphatic rings. The van der Waals surface area contributed by atoms with Crippen molar-refractivity contribution in [3.05, 3.63) is 23.8 Å². The van der Waals surface area contributed by atoms with Crippen LogP contribution in [0.5, 0.6) is 0 Å². The van der Waals surface area contributed by atoms with Gasteiger partial charge in [-0.05, 0) is 43.4 Å². The number of fused-ring (bicyclic) bond motifs is 1. The molecule has 112 valence electrons. The fourth-order valence-electron chi connectivity index (χ4n) is 3.03. The average Bonchev–Trinajstić information content (AvgIpc) is 2.71. The van der Waals surface area contributed by atoms with Gasteiger partial charge in [0.15, 0.2) is 5.13 Å². The molecule has 1 aromatic heterocycles. The first-order valence-electron chi connectivity index (χ1n) is 7.62. The molecule has 0 bridgehead atoms. The Labute approximate surface area is 129 Å². The molecule has 0 radical (unpaired) electrons. The predicted molar refractivity (Wildman–Crippen MR) is 87.6 cm³/mol. The van der Waals surface area contributed by atoms with E-state index in [1.54, 1.807) is 0 Å². The average molecular weight is 303 g/mol. The van der Waals surface area contributed by atoms with Crippen molar-refractivity contribution in [2.75, 3.05) is 18.8 Å². The number of carbonyl (C=O) groups is 1. The van der Waals surface area contributed by atoms with E-state index < -0.39 is 0 Å². The monoisotopic (exact) mass is 303 g/mol. The van der Waals surface area contributed by atoms with Gasteiger partial charge in [0.25, 0.3) is 5.91 Å². The number of amides is 1. The fraction of sp³-hybridized carbons (Fsp3) is 0.500. The smallest absolute Gasteiger partial charge is 0.253 e. The number of aromatic nitrogens is 1. The van der Waals surface area contributed by atoms with Crippen molar-refractivity contribution in [2.45, 2.75) is 32.6 Å². The number of benzene rings is 1. The molecule has 2 aromatic rings. The van der Waals surface area contributed by atoms with Crippen LogP contribution in [0, 0.1) is 5.92 Å². The van der Waals surface area contributed by atoms with Gasteiger partial charge in [0.2, 0.25) is 0 Å². The number of nitrogens with zero attached hydrogens (tertiary/aromatic N) is 2. The number of hydrogen-bond donors (Lipinski definition) is 1. The zero-order valence-corrected chi connectivity index (χ0v) is 13.2. The first-order chi connectivity index (χ1) is 10.2. The molecule has 0 saturated carbocycles. The van der Waals surface area contributed by atoms with Crippen molar-refractivity contribution in [2.24, 2.45) is 5.92 Å². The Hall–Kier alpha value is -1.62. The normalized spacial score (nSPS) is 19.7. The summed E-state index contributed by atoms with van der Waals surface area (Å²) in [5.74, 6) is 0.909. The van der Waals surface area contributed by atoms with Crippen LogP contribution in [-0.4, -0.2) is 28.9 Å². The number of hydrogen-bond acceptors (Lipinski definition) is 4. The second-order valence-electron chi connectivity index (χ2n) is 5.73. The first-order valence-corrected chi connectivity index (χ1v) is 8.44. The molecule has 2 heterocycles. The number of carbonyl (C=O) groups excluding carboxylic acids is 1. The highest BCUT2D eigenvalue weighted by atomic mass is 32.1. The van der Waals surface area contributed by atoms with Crippen LogP contribution < -0.4 is 5.73 Å². The van der Waals surface area contributed by atoms with Crippen LogP contribution in [0.3, 0.4) is 0 Å². The van der Waals surface area contributed by atoms with Gasteiger partial charge in [0.05, 0.1) is 10.2 Å². The van der Waals surface area contributed by atoms with Crippen molar-refractivity contribution in [3.8, 4) is 0 Å². The molecule has 3 rings (SSSR count). The van der Waals surface area contributed by atoms with Gasteiger partial charge in [-0.1, -0.05) is 24.7 Å². The van der Waals surface area contributed by atoms with E-state index in [4.69, 9.17) is 5.73 Å². The number of likely N-dealkylation sites (tertiary alicyclic amines) is 1. The van der Waals surface area contributed by atoms with Gasteiger partial charge in [-0.15, -0.1) is 0 Å². The lowest BCUT2D eigenvalue weighted by Gasteiger charge is -2.20. The van der Waals surface area contributed by atoms with E-state index in [1.165, 1.54) is 24.2 Å². The Balaban J connectivity index is 1.79. The number of thiazole rings is 1. The van der Waals surface area contributed by atoms with Crippen LogP contribution in [-0.2, 0) is 0 Å². The third kappa shape index (κ3) is 3.02. The van der Waals surface area contributed by atoms with Gasteiger partial charge in [-0.25, -0.2) is 4.98 Å². The minimum absolute atomic E-state index is 0.139. The third-order valence-corrected chi connectivity index (χ3v) is 5.21. The van der Waals surface area contributed by atoms with E-state index in [0.29, 0.717) is 5.13 Å². The number of anilines is 1. The van der Waals surface area contributed by atoms with E-state index >= 15 is 0 Å². The SMILES string of the molecule is CCC1CCCN(C(=O)c2ccc3nc(N)sc3c2)CC1. The summed E-state index contributed by atoms with van der Waals surface area (Å²) in [5.41, 5.74) is 7.35. The maximum absolute atomic E-state index is 12.7. The van der Waals surface area contributed by atoms with Crippen molar-refractivity contribution >= 4 is 32.6 Å². The summed E-state index contributed by atoms with van der Waals surface area (Å²) in [5, 5.41) is 0.551. The number of nitrogens with two attached hydrogens (primary N) is 1. The minimum atomic E-state index is 0.139. The van der Waals surface area contributed by atoms with Crippen LogP contribution in [0.15, 0.2) is 18.2 Å². The Morgan fingerprint density at radius 2 is 2.29 bits per heavy atom. The Kier molecular flexibility index (Phi) is 4.10. The highest BCUT2D eigenvalue weighted by Crippen LogP contribution is 2.26. The molecular formula is C16H21N3OS. The van der Waals surface area contributed by atoms with Crippen LogP contribution in [0.4, 0.5) is 5.13 Å². The predicted octanol–water partition coefficient (Wildman–Crippen LogP) is 3.53. The zero-order chi connectivity index (χ0) is 14.8. The first kappa shape index (κ1) is 14.3. The summed E-state index contributed by atoms with van der Waals surface area (Å²) in [6.45, 7) is 3.99. The highest BCUT2D eigenvalue weighted by Gasteiger charge is 2.21. The summed E-state index contributed by atoms with van der Waals surface area (Å²) in [6.07, 6.45) is 4.69. The van der Waals surface area contributed by atoms with Crippen LogP contribution in [0.2, 0.25) is 0 Å². The van der Waals surface area contributed by atoms with Crippen LogP contribution in [0.1, 0.15) is 43.0 Å². The van der Waals surface area contributed by atoms with Crippen molar-refractivity contribution in [1.29, 1.82) is 0 Å². The Morgan fingerprint density at radius 3 is 3.10 bits per heavy atom. The molecule has 0 aliphatic carbocycles. The van der Waals surface area contributed by atoms with Gasteiger partial charge in [-0.3, -0.25) is 4.79 Å². The number of rotatable bonds is 2. The third-order valence-electron chi connectivity index (χ3n) is 4.36. The number of nitrogen functional groups attached to an aromatic ring is 1. The second-order valence-corrected chi connectivity index (χ2v) is 6.79. The quantitative estimate of drug-likeness (QED) is 0.923. The Bertz CT molecular complexity index is 652. The molecule has 1 aliphatic heterocycles. The van der Waals surface area contributed by atoms with Gasteiger partial charge < -0.3 is 10.6 Å². The lowest BCUT2D eigenvalue weighted by atomic mass is 9.98. The summed E-state index contributed by atoms with van der Waals surface area (Å²) >= 11 is 1.43. The highest BCUT2D eigenvalue weighted by molar-refractivity contribution is 7.22. The van der Waals surface area contributed by atoms with E-state index in [2.05, 4.69) is 11.9 Å². The summed E-state index contributed by atoms with van der Waals surface area (Å²) in [6, 6.07) is 5.68. The summed E-state index contributed by atoms with van der Waals surface area (Å²) in [7, 11) is 0. The molecule has 1 saturated heterocycles. The fourth-order valence-corrected chi connectivity index (χ4v) is 3.81. The molecule has 21 heavy (non-hydrogen) atoms. The summed E-state index contributed by atoms with van der Waals surface area (Å²) in [4.78, 5) is 18.9. The van der Waals surface area contributed by atoms with Crippen molar-refractivity contribution in [1.82, 2.24) is 9.88 Å².